The molecule has 0 heterocycles. The van der Waals surface area contributed by atoms with Gasteiger partial charge in [-0.3, -0.25) is 10.1 Å². The molecule has 88 valence electrons. The van der Waals surface area contributed by atoms with Gasteiger partial charge in [0.25, 0.3) is 0 Å². The summed E-state index contributed by atoms with van der Waals surface area (Å²) in [6, 6.07) is -0.542. The number of hydrogen-bond donors (Lipinski definition) is 2. The zero-order valence-corrected chi connectivity index (χ0v) is 8.46. The standard InChI is InChI=1S/C8H15NO6/c1-14-8(10,11)15-7-4-2-6(3-5-7)9(12)13/h6-7,10-11H,2-5H2,1H3. The third-order valence-electron chi connectivity index (χ3n) is 2.53. The second-order valence-corrected chi connectivity index (χ2v) is 3.59. The van der Waals surface area contributed by atoms with Gasteiger partial charge in [0.05, 0.1) is 6.10 Å². The Bertz CT molecular complexity index is 223. The van der Waals surface area contributed by atoms with Gasteiger partial charge in [0.1, 0.15) is 0 Å². The summed E-state index contributed by atoms with van der Waals surface area (Å²) >= 11 is 0. The van der Waals surface area contributed by atoms with Crippen LogP contribution in [0.4, 0.5) is 0 Å². The number of rotatable bonds is 4. The molecule has 15 heavy (non-hydrogen) atoms. The van der Waals surface area contributed by atoms with E-state index in [0.717, 1.165) is 7.11 Å². The van der Waals surface area contributed by atoms with Crippen LogP contribution in [0.1, 0.15) is 25.7 Å². The molecule has 1 saturated carbocycles. The quantitative estimate of drug-likeness (QED) is 0.388. The van der Waals surface area contributed by atoms with Gasteiger partial charge in [0.2, 0.25) is 6.04 Å². The molecule has 1 aliphatic rings. The number of nitrogens with zero attached hydrogens (tertiary/aromatic N) is 1. The Morgan fingerprint density at radius 1 is 1.33 bits per heavy atom. The number of nitro groups is 1. The molecule has 1 rings (SSSR count). The highest BCUT2D eigenvalue weighted by Crippen LogP contribution is 2.25. The van der Waals surface area contributed by atoms with E-state index in [4.69, 9.17) is 14.9 Å². The first kappa shape index (κ1) is 12.3. The van der Waals surface area contributed by atoms with Crippen LogP contribution < -0.4 is 0 Å². The first-order valence-corrected chi connectivity index (χ1v) is 4.76. The smallest absolute Gasteiger partial charge is 0.319 e. The summed E-state index contributed by atoms with van der Waals surface area (Å²) < 4.78 is 9.09. The molecule has 0 unspecified atom stereocenters. The number of hydrogen-bond acceptors (Lipinski definition) is 6. The molecule has 0 aromatic rings. The zero-order valence-electron chi connectivity index (χ0n) is 8.46. The molecule has 7 nitrogen and oxygen atoms in total. The Kier molecular flexibility index (Phi) is 3.97. The molecule has 2 N–H and O–H groups in total. The highest BCUT2D eigenvalue weighted by molar-refractivity contribution is 4.72. The lowest BCUT2D eigenvalue weighted by atomic mass is 9.93. The molecule has 0 amide bonds. The number of methoxy groups -OCH3 is 1. The highest BCUT2D eigenvalue weighted by atomic mass is 16.9. The Morgan fingerprint density at radius 3 is 2.27 bits per heavy atom. The van der Waals surface area contributed by atoms with Gasteiger partial charge in [-0.1, -0.05) is 0 Å². The van der Waals surface area contributed by atoms with E-state index in [1.54, 1.807) is 0 Å². The lowest BCUT2D eigenvalue weighted by Gasteiger charge is -2.29. The molecule has 0 aromatic heterocycles. The predicted molar refractivity (Wildman–Crippen MR) is 48.3 cm³/mol. The Labute approximate surface area is 86.8 Å². The fourth-order valence-electron chi connectivity index (χ4n) is 1.64. The molecule has 1 aliphatic carbocycles. The van der Waals surface area contributed by atoms with Gasteiger partial charge < -0.3 is 19.7 Å². The van der Waals surface area contributed by atoms with Crippen LogP contribution >= 0.6 is 0 Å². The minimum Gasteiger partial charge on any atom is -0.319 e. The van der Waals surface area contributed by atoms with Crippen molar-refractivity contribution in [2.45, 2.75) is 44.0 Å². The van der Waals surface area contributed by atoms with Crippen LogP contribution in [-0.4, -0.2) is 40.6 Å². The third kappa shape index (κ3) is 3.71. The predicted octanol–water partition coefficient (Wildman–Crippen LogP) is -0.167. The summed E-state index contributed by atoms with van der Waals surface area (Å²) in [5, 5.41) is 28.5. The molecular weight excluding hydrogens is 206 g/mol. The maximum absolute atomic E-state index is 10.4. The van der Waals surface area contributed by atoms with Crippen molar-refractivity contribution in [3.05, 3.63) is 10.1 Å². The van der Waals surface area contributed by atoms with E-state index >= 15 is 0 Å². The second kappa shape index (κ2) is 4.84. The minimum atomic E-state index is -2.59. The van der Waals surface area contributed by atoms with Crippen molar-refractivity contribution in [1.82, 2.24) is 0 Å². The van der Waals surface area contributed by atoms with E-state index in [0.29, 0.717) is 25.7 Å². The average molecular weight is 221 g/mol. The van der Waals surface area contributed by atoms with E-state index in [1.807, 2.05) is 0 Å². The van der Waals surface area contributed by atoms with Crippen LogP contribution in [0.15, 0.2) is 0 Å². The van der Waals surface area contributed by atoms with Gasteiger partial charge in [-0.2, -0.15) is 0 Å². The van der Waals surface area contributed by atoms with Crippen LogP contribution in [-0.2, 0) is 9.47 Å². The number of ether oxygens (including phenoxy) is 2. The SMILES string of the molecule is COC(O)(O)OC1CCC([N+](=O)[O-])CC1. The van der Waals surface area contributed by atoms with Gasteiger partial charge in [-0.15, -0.1) is 0 Å². The van der Waals surface area contributed by atoms with Crippen LogP contribution in [0, 0.1) is 10.1 Å². The van der Waals surface area contributed by atoms with Gasteiger partial charge >= 0.3 is 6.16 Å². The third-order valence-corrected chi connectivity index (χ3v) is 2.53. The molecule has 0 aromatic carbocycles. The van der Waals surface area contributed by atoms with Crippen LogP contribution in [0.25, 0.3) is 0 Å². The maximum atomic E-state index is 10.4. The molecule has 0 atom stereocenters. The topological polar surface area (TPSA) is 102 Å². The molecule has 0 radical (unpaired) electrons. The number of aliphatic hydroxyl groups is 2. The summed E-state index contributed by atoms with van der Waals surface area (Å²) in [5.41, 5.74) is 0. The average Bonchev–Trinajstić information content (AvgIpc) is 2.18. The monoisotopic (exact) mass is 221 g/mol. The first-order chi connectivity index (χ1) is 6.94. The summed E-state index contributed by atoms with van der Waals surface area (Å²) in [4.78, 5) is 10.1. The van der Waals surface area contributed by atoms with Crippen LogP contribution in [0.3, 0.4) is 0 Å². The fraction of sp³-hybridized carbons (Fsp3) is 1.00. The van der Waals surface area contributed by atoms with Gasteiger partial charge in [0, 0.05) is 24.9 Å². The largest absolute Gasteiger partial charge is 0.407 e. The maximum Gasteiger partial charge on any atom is 0.407 e. The molecule has 1 fully saturated rings. The fourth-order valence-corrected chi connectivity index (χ4v) is 1.64. The second-order valence-electron chi connectivity index (χ2n) is 3.59. The van der Waals surface area contributed by atoms with Crippen molar-refractivity contribution < 1.29 is 24.6 Å². The summed E-state index contributed by atoms with van der Waals surface area (Å²) in [6.07, 6.45) is -1.37. The minimum absolute atomic E-state index is 0.308. The summed E-state index contributed by atoms with van der Waals surface area (Å²) in [7, 11) is 1.10. The Balaban J connectivity index is 2.35. The van der Waals surface area contributed by atoms with E-state index < -0.39 is 18.3 Å². The molecular formula is C8H15NO6. The van der Waals surface area contributed by atoms with Crippen molar-refractivity contribution in [2.75, 3.05) is 7.11 Å². The lowest BCUT2D eigenvalue weighted by Crippen LogP contribution is -2.40. The van der Waals surface area contributed by atoms with Gasteiger partial charge in [0.15, 0.2) is 0 Å². The summed E-state index contributed by atoms with van der Waals surface area (Å²) in [6.45, 7) is 0. The van der Waals surface area contributed by atoms with E-state index in [2.05, 4.69) is 4.74 Å². The molecule has 0 bridgehead atoms. The van der Waals surface area contributed by atoms with Crippen molar-refractivity contribution in [3.63, 3.8) is 0 Å². The zero-order chi connectivity index (χ0) is 11.5. The van der Waals surface area contributed by atoms with Crippen LogP contribution in [0.5, 0.6) is 0 Å². The van der Waals surface area contributed by atoms with Gasteiger partial charge in [-0.05, 0) is 12.8 Å². The van der Waals surface area contributed by atoms with Crippen LogP contribution in [0.2, 0.25) is 0 Å². The van der Waals surface area contributed by atoms with Crippen molar-refractivity contribution >= 4 is 0 Å². The lowest BCUT2D eigenvalue weighted by molar-refractivity contribution is -0.530. The first-order valence-electron chi connectivity index (χ1n) is 4.76. The van der Waals surface area contributed by atoms with E-state index in [-0.39, 0.29) is 4.92 Å². The van der Waals surface area contributed by atoms with Crippen molar-refractivity contribution in [1.29, 1.82) is 0 Å². The Morgan fingerprint density at radius 2 is 1.87 bits per heavy atom. The van der Waals surface area contributed by atoms with E-state index in [1.165, 1.54) is 0 Å². The molecule has 0 saturated heterocycles. The highest BCUT2D eigenvalue weighted by Gasteiger charge is 2.34. The summed E-state index contributed by atoms with van der Waals surface area (Å²) in [5.74, 6) is 0. The normalized spacial score (nSPS) is 27.7. The molecule has 0 aliphatic heterocycles. The Hall–Kier alpha value is -0.760. The van der Waals surface area contributed by atoms with Crippen molar-refractivity contribution in [2.24, 2.45) is 0 Å². The molecule has 0 spiro atoms. The van der Waals surface area contributed by atoms with Gasteiger partial charge in [-0.25, -0.2) is 0 Å². The van der Waals surface area contributed by atoms with Crippen molar-refractivity contribution in [3.8, 4) is 0 Å². The molecule has 7 heteroatoms. The van der Waals surface area contributed by atoms with E-state index in [9.17, 15) is 10.1 Å².